The van der Waals surface area contributed by atoms with E-state index in [-0.39, 0.29) is 17.3 Å². The summed E-state index contributed by atoms with van der Waals surface area (Å²) in [5.74, 6) is -0.502. The number of benzene rings is 3. The molecule has 1 unspecified atom stereocenters. The molecule has 0 fully saturated rings. The number of nitrogens with one attached hydrogen (secondary N) is 1. The van der Waals surface area contributed by atoms with Crippen LogP contribution in [0, 0.1) is 5.82 Å². The van der Waals surface area contributed by atoms with E-state index in [0.717, 1.165) is 12.0 Å². The Morgan fingerprint density at radius 3 is 2.45 bits per heavy atom. The highest BCUT2D eigenvalue weighted by Crippen LogP contribution is 2.28. The van der Waals surface area contributed by atoms with Crippen molar-refractivity contribution in [1.82, 2.24) is 14.9 Å². The summed E-state index contributed by atoms with van der Waals surface area (Å²) in [6.45, 7) is 2.44. The van der Waals surface area contributed by atoms with Gasteiger partial charge >= 0.3 is 0 Å². The summed E-state index contributed by atoms with van der Waals surface area (Å²) in [6.07, 6.45) is 1.42. The summed E-state index contributed by atoms with van der Waals surface area (Å²) in [5.41, 5.74) is 1.82. The maximum Gasteiger partial charge on any atom is 0.266 e. The summed E-state index contributed by atoms with van der Waals surface area (Å²) in [4.78, 5) is 31.1. The Hall–Kier alpha value is -3.45. The molecule has 0 spiro atoms. The fraction of sp³-hybridized carbons (Fsp3) is 0.192. The second kappa shape index (κ2) is 10.4. The molecule has 1 atom stereocenters. The van der Waals surface area contributed by atoms with Gasteiger partial charge in [0.1, 0.15) is 5.82 Å². The largest absolute Gasteiger partial charge is 0.351 e. The molecule has 0 radical (unpaired) electrons. The Kier molecular flexibility index (Phi) is 7.19. The monoisotopic (exact) mass is 461 g/mol. The van der Waals surface area contributed by atoms with Crippen LogP contribution >= 0.6 is 11.8 Å². The zero-order valence-electron chi connectivity index (χ0n) is 18.2. The van der Waals surface area contributed by atoms with E-state index in [4.69, 9.17) is 4.98 Å². The minimum atomic E-state index is -0.432. The van der Waals surface area contributed by atoms with Gasteiger partial charge in [-0.25, -0.2) is 9.37 Å². The lowest BCUT2D eigenvalue weighted by atomic mass is 10.2. The number of para-hydroxylation sites is 1. The van der Waals surface area contributed by atoms with E-state index in [2.05, 4.69) is 5.32 Å². The van der Waals surface area contributed by atoms with Gasteiger partial charge in [0.2, 0.25) is 5.91 Å². The van der Waals surface area contributed by atoms with Gasteiger partial charge in [-0.2, -0.15) is 0 Å². The average Bonchev–Trinajstić information content (AvgIpc) is 2.84. The fourth-order valence-electron chi connectivity index (χ4n) is 3.54. The van der Waals surface area contributed by atoms with Gasteiger partial charge in [0, 0.05) is 6.54 Å². The van der Waals surface area contributed by atoms with Crippen molar-refractivity contribution in [3.05, 3.63) is 101 Å². The van der Waals surface area contributed by atoms with Crippen LogP contribution in [0.3, 0.4) is 0 Å². The molecule has 1 heterocycles. The van der Waals surface area contributed by atoms with Gasteiger partial charge in [-0.3, -0.25) is 14.2 Å². The summed E-state index contributed by atoms with van der Waals surface area (Å²) < 4.78 is 15.0. The first-order valence-electron chi connectivity index (χ1n) is 10.8. The molecule has 0 aliphatic rings. The number of carbonyl (C=O) groups is 1. The first-order chi connectivity index (χ1) is 16.1. The normalized spacial score (nSPS) is 11.9. The van der Waals surface area contributed by atoms with E-state index in [9.17, 15) is 14.0 Å². The number of amides is 1. The average molecular weight is 462 g/mol. The van der Waals surface area contributed by atoms with Crippen molar-refractivity contribution in [1.29, 1.82) is 0 Å². The Labute approximate surface area is 195 Å². The van der Waals surface area contributed by atoms with Gasteiger partial charge in [-0.15, -0.1) is 0 Å². The molecule has 0 aliphatic carbocycles. The minimum absolute atomic E-state index is 0.112. The Bertz CT molecular complexity index is 1310. The molecule has 0 saturated heterocycles. The number of hydrogen-bond donors (Lipinski definition) is 1. The van der Waals surface area contributed by atoms with Crippen molar-refractivity contribution in [2.75, 3.05) is 0 Å². The van der Waals surface area contributed by atoms with Crippen LogP contribution in [-0.4, -0.2) is 20.7 Å². The molecule has 4 rings (SSSR count). The van der Waals surface area contributed by atoms with Crippen molar-refractivity contribution in [3.63, 3.8) is 0 Å². The quantitative estimate of drug-likeness (QED) is 0.293. The number of fused-ring (bicyclic) bond motifs is 1. The predicted molar refractivity (Wildman–Crippen MR) is 130 cm³/mol. The second-order valence-electron chi connectivity index (χ2n) is 7.63. The summed E-state index contributed by atoms with van der Waals surface area (Å²) in [5, 5.41) is 3.43. The van der Waals surface area contributed by atoms with Crippen LogP contribution in [-0.2, 0) is 11.3 Å². The number of rotatable bonds is 8. The van der Waals surface area contributed by atoms with Crippen LogP contribution in [0.4, 0.5) is 4.39 Å². The maximum absolute atomic E-state index is 13.5. The zero-order valence-corrected chi connectivity index (χ0v) is 19.0. The van der Waals surface area contributed by atoms with E-state index in [1.165, 1.54) is 28.5 Å². The Morgan fingerprint density at radius 1 is 1.03 bits per heavy atom. The van der Waals surface area contributed by atoms with Gasteiger partial charge in [0.25, 0.3) is 5.56 Å². The third-order valence-electron chi connectivity index (χ3n) is 5.23. The molecule has 1 N–H and O–H groups in total. The summed E-state index contributed by atoms with van der Waals surface area (Å²) >= 11 is 1.26. The van der Waals surface area contributed by atoms with Crippen molar-refractivity contribution in [2.45, 2.75) is 36.7 Å². The van der Waals surface area contributed by atoms with Gasteiger partial charge in [-0.1, -0.05) is 67.6 Å². The van der Waals surface area contributed by atoms with Gasteiger partial charge < -0.3 is 5.32 Å². The van der Waals surface area contributed by atoms with Gasteiger partial charge in [-0.05, 0) is 48.4 Å². The molecule has 4 aromatic rings. The highest BCUT2D eigenvalue weighted by atomic mass is 32.2. The molecule has 7 heteroatoms. The molecule has 5 nitrogen and oxygen atoms in total. The lowest BCUT2D eigenvalue weighted by Gasteiger charge is -2.19. The van der Waals surface area contributed by atoms with Crippen LogP contribution in [0.5, 0.6) is 0 Å². The van der Waals surface area contributed by atoms with Crippen LogP contribution in [0.2, 0.25) is 0 Å². The van der Waals surface area contributed by atoms with Gasteiger partial charge in [0.15, 0.2) is 5.16 Å². The summed E-state index contributed by atoms with van der Waals surface area (Å²) in [7, 11) is 0. The maximum atomic E-state index is 13.5. The Morgan fingerprint density at radius 2 is 1.73 bits per heavy atom. The molecule has 3 aromatic carbocycles. The minimum Gasteiger partial charge on any atom is -0.351 e. The Balaban J connectivity index is 1.70. The first kappa shape index (κ1) is 22.7. The molecule has 1 aromatic heterocycles. The molecule has 33 heavy (non-hydrogen) atoms. The topological polar surface area (TPSA) is 64.0 Å². The standard InChI is InChI=1S/C26H24FN3O2S/c1-2-8-23(24(31)28-17-18-9-4-3-5-10-18)33-26-29-22-12-7-6-11-21(22)25(32)30(26)20-15-13-19(27)14-16-20/h3-7,9-16,23H,2,8,17H2,1H3,(H,28,31). The predicted octanol–water partition coefficient (Wildman–Crippen LogP) is 5.10. The van der Waals surface area contributed by atoms with Gasteiger partial charge in [0.05, 0.1) is 21.8 Å². The van der Waals surface area contributed by atoms with Crippen molar-refractivity contribution in [2.24, 2.45) is 0 Å². The van der Waals surface area contributed by atoms with Crippen LogP contribution in [0.15, 0.2) is 88.8 Å². The molecule has 0 aliphatic heterocycles. The zero-order chi connectivity index (χ0) is 23.2. The highest BCUT2D eigenvalue weighted by Gasteiger charge is 2.23. The van der Waals surface area contributed by atoms with E-state index in [1.54, 1.807) is 30.3 Å². The molecule has 0 saturated carbocycles. The van der Waals surface area contributed by atoms with Crippen LogP contribution < -0.4 is 10.9 Å². The lowest BCUT2D eigenvalue weighted by Crippen LogP contribution is -2.33. The summed E-state index contributed by atoms with van der Waals surface area (Å²) in [6, 6.07) is 22.5. The molecule has 168 valence electrons. The SMILES string of the molecule is CCCC(Sc1nc2ccccc2c(=O)n1-c1ccc(F)cc1)C(=O)NCc1ccccc1. The number of nitrogens with zero attached hydrogens (tertiary/aromatic N) is 2. The van der Waals surface area contributed by atoms with E-state index in [0.29, 0.717) is 34.7 Å². The third kappa shape index (κ3) is 5.31. The molecular formula is C26H24FN3O2S. The van der Waals surface area contributed by atoms with Crippen molar-refractivity contribution >= 4 is 28.6 Å². The molecule has 0 bridgehead atoms. The number of carbonyl (C=O) groups excluding carboxylic acids is 1. The van der Waals surface area contributed by atoms with E-state index < -0.39 is 5.25 Å². The smallest absolute Gasteiger partial charge is 0.266 e. The van der Waals surface area contributed by atoms with Crippen LogP contribution in [0.1, 0.15) is 25.3 Å². The number of thioether (sulfide) groups is 1. The number of halogens is 1. The van der Waals surface area contributed by atoms with Crippen molar-refractivity contribution in [3.8, 4) is 5.69 Å². The highest BCUT2D eigenvalue weighted by molar-refractivity contribution is 8.00. The number of aromatic nitrogens is 2. The molecule has 1 amide bonds. The van der Waals surface area contributed by atoms with E-state index >= 15 is 0 Å². The lowest BCUT2D eigenvalue weighted by molar-refractivity contribution is -0.120. The fourth-order valence-corrected chi connectivity index (χ4v) is 4.78. The van der Waals surface area contributed by atoms with Crippen molar-refractivity contribution < 1.29 is 9.18 Å². The number of hydrogen-bond acceptors (Lipinski definition) is 4. The third-order valence-corrected chi connectivity index (χ3v) is 6.45. The first-order valence-corrected chi connectivity index (χ1v) is 11.7. The van der Waals surface area contributed by atoms with Crippen LogP contribution in [0.25, 0.3) is 16.6 Å². The molecular weight excluding hydrogens is 437 g/mol. The van der Waals surface area contributed by atoms with E-state index in [1.807, 2.05) is 43.3 Å². The second-order valence-corrected chi connectivity index (χ2v) is 8.80.